The molecule has 1 saturated heterocycles. The van der Waals surface area contributed by atoms with Crippen LogP contribution in [-0.2, 0) is 17.8 Å². The lowest BCUT2D eigenvalue weighted by Crippen LogP contribution is -2.52. The first-order valence-electron chi connectivity index (χ1n) is 6.80. The Hall–Kier alpha value is -0.690. The molecule has 7 heteroatoms. The maximum atomic E-state index is 11.8. The van der Waals surface area contributed by atoms with Gasteiger partial charge in [-0.2, -0.15) is 0 Å². The van der Waals surface area contributed by atoms with Gasteiger partial charge in [0, 0.05) is 38.1 Å². The van der Waals surface area contributed by atoms with E-state index in [-0.39, 0.29) is 18.3 Å². The second-order valence-electron chi connectivity index (χ2n) is 4.98. The standard InChI is InChI=1S/C13H22N4OS.ClH/c1-3-12-15-11(9-19-12)8-16-4-6-17(7-5-16)13(18)10(2)14;/h9-10H,3-8,14H2,1-2H3;1H. The topological polar surface area (TPSA) is 62.5 Å². The summed E-state index contributed by atoms with van der Waals surface area (Å²) in [4.78, 5) is 20.6. The van der Waals surface area contributed by atoms with E-state index in [9.17, 15) is 4.79 Å². The van der Waals surface area contributed by atoms with Crippen LogP contribution < -0.4 is 5.73 Å². The number of piperazine rings is 1. The predicted octanol–water partition coefficient (Wildman–Crippen LogP) is 1.12. The minimum atomic E-state index is -0.391. The fourth-order valence-corrected chi connectivity index (χ4v) is 2.96. The van der Waals surface area contributed by atoms with Crippen LogP contribution in [0.25, 0.3) is 0 Å². The fraction of sp³-hybridized carbons (Fsp3) is 0.692. The Morgan fingerprint density at radius 1 is 1.45 bits per heavy atom. The van der Waals surface area contributed by atoms with Gasteiger partial charge in [-0.15, -0.1) is 23.7 Å². The van der Waals surface area contributed by atoms with Crippen molar-refractivity contribution in [2.75, 3.05) is 26.2 Å². The van der Waals surface area contributed by atoms with Crippen molar-refractivity contribution in [3.05, 3.63) is 16.1 Å². The molecule has 1 aromatic heterocycles. The van der Waals surface area contributed by atoms with Crippen molar-refractivity contribution in [2.45, 2.75) is 32.9 Å². The number of nitrogens with two attached hydrogens (primary N) is 1. The molecule has 20 heavy (non-hydrogen) atoms. The van der Waals surface area contributed by atoms with Gasteiger partial charge in [-0.25, -0.2) is 4.98 Å². The third-order valence-electron chi connectivity index (χ3n) is 3.36. The fourth-order valence-electron chi connectivity index (χ4n) is 2.23. The number of aromatic nitrogens is 1. The zero-order valence-electron chi connectivity index (χ0n) is 12.0. The van der Waals surface area contributed by atoms with Crippen LogP contribution >= 0.6 is 23.7 Å². The monoisotopic (exact) mass is 318 g/mol. The largest absolute Gasteiger partial charge is 0.339 e. The smallest absolute Gasteiger partial charge is 0.239 e. The highest BCUT2D eigenvalue weighted by atomic mass is 35.5. The Morgan fingerprint density at radius 2 is 2.10 bits per heavy atom. The van der Waals surface area contributed by atoms with E-state index >= 15 is 0 Å². The van der Waals surface area contributed by atoms with Gasteiger partial charge in [0.2, 0.25) is 5.91 Å². The number of hydrogen-bond donors (Lipinski definition) is 1. The molecule has 1 atom stereocenters. The van der Waals surface area contributed by atoms with Crippen LogP contribution in [0, 0.1) is 0 Å². The Labute approximate surface area is 130 Å². The molecule has 1 aromatic rings. The third kappa shape index (κ3) is 4.41. The summed E-state index contributed by atoms with van der Waals surface area (Å²) < 4.78 is 0. The number of aryl methyl sites for hydroxylation is 1. The van der Waals surface area contributed by atoms with Crippen LogP contribution in [0.15, 0.2) is 5.38 Å². The van der Waals surface area contributed by atoms with Crippen molar-refractivity contribution in [1.29, 1.82) is 0 Å². The number of amides is 1. The van der Waals surface area contributed by atoms with Gasteiger partial charge in [0.25, 0.3) is 0 Å². The molecule has 2 N–H and O–H groups in total. The molecule has 1 fully saturated rings. The number of carbonyl (C=O) groups excluding carboxylic acids is 1. The number of rotatable bonds is 4. The van der Waals surface area contributed by atoms with Crippen LogP contribution in [0.2, 0.25) is 0 Å². The molecule has 0 radical (unpaired) electrons. The average molecular weight is 319 g/mol. The average Bonchev–Trinajstić information content (AvgIpc) is 2.86. The first-order valence-corrected chi connectivity index (χ1v) is 7.68. The van der Waals surface area contributed by atoms with E-state index in [1.54, 1.807) is 18.3 Å². The van der Waals surface area contributed by atoms with E-state index < -0.39 is 6.04 Å². The number of hydrogen-bond acceptors (Lipinski definition) is 5. The van der Waals surface area contributed by atoms with Crippen molar-refractivity contribution >= 4 is 29.7 Å². The lowest BCUT2D eigenvalue weighted by molar-refractivity contribution is -0.134. The maximum absolute atomic E-state index is 11.8. The van der Waals surface area contributed by atoms with Gasteiger partial charge < -0.3 is 10.6 Å². The zero-order chi connectivity index (χ0) is 13.8. The molecule has 0 bridgehead atoms. The van der Waals surface area contributed by atoms with E-state index in [0.717, 1.165) is 44.8 Å². The molecular weight excluding hydrogens is 296 g/mol. The number of carbonyl (C=O) groups is 1. The van der Waals surface area contributed by atoms with Crippen molar-refractivity contribution in [1.82, 2.24) is 14.8 Å². The summed E-state index contributed by atoms with van der Waals surface area (Å²) in [6.45, 7) is 8.10. The van der Waals surface area contributed by atoms with Crippen LogP contribution in [0.1, 0.15) is 24.5 Å². The third-order valence-corrected chi connectivity index (χ3v) is 4.40. The van der Waals surface area contributed by atoms with Crippen LogP contribution in [0.4, 0.5) is 0 Å². The minimum absolute atomic E-state index is 0. The number of halogens is 1. The van der Waals surface area contributed by atoms with Crippen molar-refractivity contribution in [2.24, 2.45) is 5.73 Å². The highest BCUT2D eigenvalue weighted by Crippen LogP contribution is 2.13. The molecule has 0 aliphatic carbocycles. The van der Waals surface area contributed by atoms with E-state index in [1.165, 1.54) is 5.01 Å². The molecule has 1 aliphatic rings. The maximum Gasteiger partial charge on any atom is 0.239 e. The van der Waals surface area contributed by atoms with Gasteiger partial charge >= 0.3 is 0 Å². The molecular formula is C13H23ClN4OS. The number of nitrogens with zero attached hydrogens (tertiary/aromatic N) is 3. The summed E-state index contributed by atoms with van der Waals surface area (Å²) in [5.41, 5.74) is 6.78. The van der Waals surface area contributed by atoms with Gasteiger partial charge in [0.15, 0.2) is 0 Å². The normalized spacial score (nSPS) is 17.6. The summed E-state index contributed by atoms with van der Waals surface area (Å²) in [5, 5.41) is 3.33. The van der Waals surface area contributed by atoms with Crippen molar-refractivity contribution in [3.8, 4) is 0 Å². The second-order valence-corrected chi connectivity index (χ2v) is 5.92. The van der Waals surface area contributed by atoms with Gasteiger partial charge in [-0.05, 0) is 13.3 Å². The molecule has 5 nitrogen and oxygen atoms in total. The van der Waals surface area contributed by atoms with Crippen molar-refractivity contribution in [3.63, 3.8) is 0 Å². The Bertz CT molecular complexity index is 430. The molecule has 114 valence electrons. The first-order chi connectivity index (χ1) is 9.10. The highest BCUT2D eigenvalue weighted by Gasteiger charge is 2.23. The molecule has 2 rings (SSSR count). The molecule has 0 spiro atoms. The Morgan fingerprint density at radius 3 is 2.60 bits per heavy atom. The van der Waals surface area contributed by atoms with Crippen LogP contribution in [0.3, 0.4) is 0 Å². The molecule has 0 aromatic carbocycles. The van der Waals surface area contributed by atoms with E-state index in [2.05, 4.69) is 22.2 Å². The zero-order valence-corrected chi connectivity index (χ0v) is 13.7. The van der Waals surface area contributed by atoms with Gasteiger partial charge in [-0.3, -0.25) is 9.69 Å². The quantitative estimate of drug-likeness (QED) is 0.903. The summed E-state index contributed by atoms with van der Waals surface area (Å²) in [7, 11) is 0. The molecule has 1 aliphatic heterocycles. The highest BCUT2D eigenvalue weighted by molar-refractivity contribution is 7.09. The Kier molecular flexibility index (Phi) is 6.88. The van der Waals surface area contributed by atoms with Gasteiger partial charge in [0.05, 0.1) is 16.7 Å². The molecule has 1 amide bonds. The summed E-state index contributed by atoms with van der Waals surface area (Å²) in [6, 6.07) is -0.391. The van der Waals surface area contributed by atoms with E-state index in [1.807, 2.05) is 4.90 Å². The first kappa shape index (κ1) is 17.4. The lowest BCUT2D eigenvalue weighted by Gasteiger charge is -2.35. The minimum Gasteiger partial charge on any atom is -0.339 e. The second kappa shape index (κ2) is 7.93. The van der Waals surface area contributed by atoms with Gasteiger partial charge in [-0.1, -0.05) is 6.92 Å². The lowest BCUT2D eigenvalue weighted by atomic mass is 10.2. The van der Waals surface area contributed by atoms with Crippen LogP contribution in [-0.4, -0.2) is 52.9 Å². The summed E-state index contributed by atoms with van der Waals surface area (Å²) in [6.07, 6.45) is 1.00. The van der Waals surface area contributed by atoms with Crippen molar-refractivity contribution < 1.29 is 4.79 Å². The summed E-state index contributed by atoms with van der Waals surface area (Å²) >= 11 is 1.73. The van der Waals surface area contributed by atoms with E-state index in [0.29, 0.717) is 0 Å². The van der Waals surface area contributed by atoms with Crippen LogP contribution in [0.5, 0.6) is 0 Å². The molecule has 0 saturated carbocycles. The van der Waals surface area contributed by atoms with E-state index in [4.69, 9.17) is 5.73 Å². The Balaban J connectivity index is 0.00000200. The summed E-state index contributed by atoms with van der Waals surface area (Å²) in [5.74, 6) is 0.0570. The molecule has 2 heterocycles. The SMILES string of the molecule is CCc1nc(CN2CCN(C(=O)C(C)N)CC2)cs1.Cl. The predicted molar refractivity (Wildman–Crippen MR) is 84.2 cm³/mol. The molecule has 1 unspecified atom stereocenters. The number of thiazole rings is 1. The van der Waals surface area contributed by atoms with Gasteiger partial charge in [0.1, 0.15) is 0 Å².